The molecule has 1 aliphatic heterocycles. The van der Waals surface area contributed by atoms with E-state index in [-0.39, 0.29) is 29.4 Å². The highest BCUT2D eigenvalue weighted by atomic mass is 32.2. The van der Waals surface area contributed by atoms with Crippen LogP contribution < -0.4 is 15.8 Å². The summed E-state index contributed by atoms with van der Waals surface area (Å²) in [6.45, 7) is 5.85. The third-order valence-corrected chi connectivity index (χ3v) is 6.30. The van der Waals surface area contributed by atoms with Gasteiger partial charge in [0.1, 0.15) is 5.75 Å². The van der Waals surface area contributed by atoms with Gasteiger partial charge in [-0.3, -0.25) is 9.59 Å². The van der Waals surface area contributed by atoms with Gasteiger partial charge in [-0.1, -0.05) is 0 Å². The number of ether oxygens (including phenoxy) is 1. The van der Waals surface area contributed by atoms with Crippen molar-refractivity contribution in [2.75, 3.05) is 19.7 Å². The molecule has 9 heteroatoms. The molecule has 150 valence electrons. The topological polar surface area (TPSA) is 119 Å². The summed E-state index contributed by atoms with van der Waals surface area (Å²) in [7, 11) is -3.65. The van der Waals surface area contributed by atoms with Gasteiger partial charge in [0.25, 0.3) is 5.91 Å². The Labute approximate surface area is 160 Å². The van der Waals surface area contributed by atoms with Crippen LogP contribution in [0.2, 0.25) is 0 Å². The highest BCUT2D eigenvalue weighted by Crippen LogP contribution is 2.27. The Hall–Kier alpha value is -2.13. The van der Waals surface area contributed by atoms with Crippen LogP contribution in [0.4, 0.5) is 0 Å². The maximum absolute atomic E-state index is 12.9. The molecule has 1 aliphatic rings. The molecule has 1 fully saturated rings. The zero-order chi connectivity index (χ0) is 20.2. The first kappa shape index (κ1) is 21.2. The molecule has 0 spiro atoms. The maximum atomic E-state index is 12.9. The number of amides is 2. The number of primary amides is 1. The SMILES string of the molecule is Cc1cc(S(=O)(=O)N2CCC(C(=O)NC(C)C)CC2)ccc1OCC(N)=O. The summed E-state index contributed by atoms with van der Waals surface area (Å²) >= 11 is 0. The molecule has 2 rings (SSSR count). The number of sulfonamides is 1. The second-order valence-electron chi connectivity index (χ2n) is 7.02. The molecule has 0 aliphatic carbocycles. The number of hydrogen-bond acceptors (Lipinski definition) is 5. The first-order valence-electron chi connectivity index (χ1n) is 8.93. The second-order valence-corrected chi connectivity index (χ2v) is 8.96. The van der Waals surface area contributed by atoms with E-state index in [0.29, 0.717) is 37.2 Å². The number of rotatable bonds is 7. The van der Waals surface area contributed by atoms with E-state index < -0.39 is 15.9 Å². The Morgan fingerprint density at radius 1 is 1.30 bits per heavy atom. The predicted molar refractivity (Wildman–Crippen MR) is 101 cm³/mol. The van der Waals surface area contributed by atoms with Crippen molar-refractivity contribution in [3.8, 4) is 5.75 Å². The Bertz CT molecular complexity index is 799. The van der Waals surface area contributed by atoms with Gasteiger partial charge in [-0.25, -0.2) is 8.42 Å². The zero-order valence-electron chi connectivity index (χ0n) is 15.9. The molecule has 0 unspecified atom stereocenters. The van der Waals surface area contributed by atoms with Gasteiger partial charge in [0.2, 0.25) is 15.9 Å². The molecule has 0 aromatic heterocycles. The summed E-state index contributed by atoms with van der Waals surface area (Å²) in [6, 6.07) is 4.56. The monoisotopic (exact) mass is 397 g/mol. The van der Waals surface area contributed by atoms with Crippen LogP contribution in [-0.4, -0.2) is 50.3 Å². The average Bonchev–Trinajstić information content (AvgIpc) is 2.60. The van der Waals surface area contributed by atoms with Gasteiger partial charge in [-0.15, -0.1) is 0 Å². The number of carbonyl (C=O) groups is 2. The summed E-state index contributed by atoms with van der Waals surface area (Å²) in [5, 5.41) is 2.88. The van der Waals surface area contributed by atoms with Crippen LogP contribution in [0.15, 0.2) is 23.1 Å². The Kier molecular flexibility index (Phi) is 6.83. The fraction of sp³-hybridized carbons (Fsp3) is 0.556. The lowest BCUT2D eigenvalue weighted by Crippen LogP contribution is -2.44. The van der Waals surface area contributed by atoms with Gasteiger partial charge >= 0.3 is 0 Å². The Morgan fingerprint density at radius 2 is 1.93 bits per heavy atom. The van der Waals surface area contributed by atoms with E-state index >= 15 is 0 Å². The lowest BCUT2D eigenvalue weighted by atomic mass is 9.97. The number of nitrogens with two attached hydrogens (primary N) is 1. The van der Waals surface area contributed by atoms with Crippen molar-refractivity contribution in [2.45, 2.75) is 44.6 Å². The van der Waals surface area contributed by atoms with Gasteiger partial charge in [-0.2, -0.15) is 4.31 Å². The van der Waals surface area contributed by atoms with E-state index in [9.17, 15) is 18.0 Å². The minimum atomic E-state index is -3.65. The number of hydrogen-bond donors (Lipinski definition) is 2. The molecule has 1 aromatic carbocycles. The molecule has 0 atom stereocenters. The molecule has 1 heterocycles. The lowest BCUT2D eigenvalue weighted by molar-refractivity contribution is -0.126. The van der Waals surface area contributed by atoms with E-state index in [4.69, 9.17) is 10.5 Å². The average molecular weight is 397 g/mol. The molecule has 8 nitrogen and oxygen atoms in total. The minimum absolute atomic E-state index is 0.0196. The van der Waals surface area contributed by atoms with Gasteiger partial charge in [0, 0.05) is 25.0 Å². The van der Waals surface area contributed by atoms with E-state index in [1.807, 2.05) is 13.8 Å². The zero-order valence-corrected chi connectivity index (χ0v) is 16.7. The molecule has 3 N–H and O–H groups in total. The van der Waals surface area contributed by atoms with Crippen molar-refractivity contribution >= 4 is 21.8 Å². The fourth-order valence-electron chi connectivity index (χ4n) is 3.00. The normalized spacial score (nSPS) is 16.3. The molecule has 2 amide bonds. The standard InChI is InChI=1S/C18H27N3O5S/c1-12(2)20-18(23)14-6-8-21(9-7-14)27(24,25)15-4-5-16(13(3)10-15)26-11-17(19)22/h4-5,10,12,14H,6-9,11H2,1-3H3,(H2,19,22)(H,20,23). The van der Waals surface area contributed by atoms with Crippen LogP contribution in [-0.2, 0) is 19.6 Å². The number of carbonyl (C=O) groups excluding carboxylic acids is 2. The van der Waals surface area contributed by atoms with Crippen LogP contribution in [0.5, 0.6) is 5.75 Å². The third kappa shape index (κ3) is 5.43. The summed E-state index contributed by atoms with van der Waals surface area (Å²) in [4.78, 5) is 23.1. The first-order valence-corrected chi connectivity index (χ1v) is 10.4. The summed E-state index contributed by atoms with van der Waals surface area (Å²) in [5.41, 5.74) is 5.65. The van der Waals surface area contributed by atoms with Gasteiger partial charge in [0.15, 0.2) is 6.61 Å². The van der Waals surface area contributed by atoms with Crippen molar-refractivity contribution in [1.29, 1.82) is 0 Å². The maximum Gasteiger partial charge on any atom is 0.255 e. The highest BCUT2D eigenvalue weighted by molar-refractivity contribution is 7.89. The highest BCUT2D eigenvalue weighted by Gasteiger charge is 2.32. The number of nitrogens with one attached hydrogen (secondary N) is 1. The van der Waals surface area contributed by atoms with Crippen molar-refractivity contribution in [2.24, 2.45) is 11.7 Å². The third-order valence-electron chi connectivity index (χ3n) is 4.41. The molecular weight excluding hydrogens is 370 g/mol. The largest absolute Gasteiger partial charge is 0.484 e. The number of nitrogens with zero attached hydrogens (tertiary/aromatic N) is 1. The van der Waals surface area contributed by atoms with Crippen LogP contribution in [0.3, 0.4) is 0 Å². The quantitative estimate of drug-likeness (QED) is 0.705. The van der Waals surface area contributed by atoms with E-state index in [0.717, 1.165) is 0 Å². The smallest absolute Gasteiger partial charge is 0.255 e. The second kappa shape index (κ2) is 8.71. The van der Waals surface area contributed by atoms with Crippen molar-refractivity contribution in [1.82, 2.24) is 9.62 Å². The lowest BCUT2D eigenvalue weighted by Gasteiger charge is -2.31. The number of aryl methyl sites for hydroxylation is 1. The number of piperidine rings is 1. The van der Waals surface area contributed by atoms with Gasteiger partial charge < -0.3 is 15.8 Å². The van der Waals surface area contributed by atoms with E-state index in [1.54, 1.807) is 6.92 Å². The fourth-order valence-corrected chi connectivity index (χ4v) is 4.56. The molecule has 0 radical (unpaired) electrons. The molecular formula is C18H27N3O5S. The summed E-state index contributed by atoms with van der Waals surface area (Å²) in [6.07, 6.45) is 0.993. The van der Waals surface area contributed by atoms with Crippen molar-refractivity contribution < 1.29 is 22.7 Å². The van der Waals surface area contributed by atoms with Crippen LogP contribution >= 0.6 is 0 Å². The van der Waals surface area contributed by atoms with Crippen LogP contribution in [0.25, 0.3) is 0 Å². The molecule has 27 heavy (non-hydrogen) atoms. The molecule has 0 saturated carbocycles. The van der Waals surface area contributed by atoms with E-state index in [2.05, 4.69) is 5.32 Å². The first-order chi connectivity index (χ1) is 12.6. The van der Waals surface area contributed by atoms with Crippen molar-refractivity contribution in [3.05, 3.63) is 23.8 Å². The molecule has 1 saturated heterocycles. The van der Waals surface area contributed by atoms with Gasteiger partial charge in [0.05, 0.1) is 4.90 Å². The van der Waals surface area contributed by atoms with Crippen molar-refractivity contribution in [3.63, 3.8) is 0 Å². The molecule has 1 aromatic rings. The Morgan fingerprint density at radius 3 is 2.44 bits per heavy atom. The molecule has 0 bridgehead atoms. The summed E-state index contributed by atoms with van der Waals surface area (Å²) in [5.74, 6) is -0.369. The summed E-state index contributed by atoms with van der Waals surface area (Å²) < 4.78 is 32.4. The predicted octanol–water partition coefficient (Wildman–Crippen LogP) is 0.784. The van der Waals surface area contributed by atoms with E-state index in [1.165, 1.54) is 22.5 Å². The van der Waals surface area contributed by atoms with Crippen LogP contribution in [0, 0.1) is 12.8 Å². The van der Waals surface area contributed by atoms with Crippen LogP contribution in [0.1, 0.15) is 32.3 Å². The number of benzene rings is 1. The van der Waals surface area contributed by atoms with Gasteiger partial charge in [-0.05, 0) is 57.4 Å². The Balaban J connectivity index is 2.05. The minimum Gasteiger partial charge on any atom is -0.484 e.